The molecule has 2 saturated heterocycles. The van der Waals surface area contributed by atoms with Crippen molar-refractivity contribution in [2.45, 2.75) is 31.2 Å². The van der Waals surface area contributed by atoms with Crippen molar-refractivity contribution in [1.82, 2.24) is 20.0 Å². The zero-order chi connectivity index (χ0) is 19.5. The Morgan fingerprint density at radius 2 is 1.89 bits per heavy atom. The third-order valence-electron chi connectivity index (χ3n) is 6.08. The van der Waals surface area contributed by atoms with E-state index >= 15 is 0 Å². The van der Waals surface area contributed by atoms with Crippen LogP contribution in [0.2, 0.25) is 5.02 Å². The van der Waals surface area contributed by atoms with Crippen LogP contribution in [0.25, 0.3) is 0 Å². The minimum Gasteiger partial charge on any atom is -0.353 e. The van der Waals surface area contributed by atoms with Gasteiger partial charge in [-0.1, -0.05) is 23.7 Å². The topological polar surface area (TPSA) is 51.2 Å². The summed E-state index contributed by atoms with van der Waals surface area (Å²) in [6.45, 7) is 6.04. The number of likely N-dealkylation sites (tertiary alicyclic amines) is 1. The summed E-state index contributed by atoms with van der Waals surface area (Å²) in [5, 5.41) is 4.42. The second-order valence-electron chi connectivity index (χ2n) is 8.05. The molecule has 152 valence electrons. The van der Waals surface area contributed by atoms with Gasteiger partial charge in [0.25, 0.3) is 0 Å². The number of amides is 1. The van der Waals surface area contributed by atoms with Gasteiger partial charge in [0.1, 0.15) is 0 Å². The molecule has 6 nitrogen and oxygen atoms in total. The van der Waals surface area contributed by atoms with Crippen LogP contribution >= 0.6 is 11.6 Å². The van der Waals surface area contributed by atoms with E-state index in [9.17, 15) is 4.79 Å². The number of piperazine rings is 1. The lowest BCUT2D eigenvalue weighted by atomic mass is 10.1. The van der Waals surface area contributed by atoms with Crippen molar-refractivity contribution in [2.75, 3.05) is 52.9 Å². The fourth-order valence-electron chi connectivity index (χ4n) is 4.30. The predicted octanol–water partition coefficient (Wildman–Crippen LogP) is 2.01. The summed E-state index contributed by atoms with van der Waals surface area (Å²) in [6, 6.07) is 8.57. The van der Waals surface area contributed by atoms with Crippen LogP contribution in [-0.2, 0) is 4.79 Å². The molecule has 0 radical (unpaired) electrons. The number of nitrogens with one attached hydrogen (secondary N) is 1. The Labute approximate surface area is 172 Å². The number of hydrogen-bond donors (Lipinski definition) is 1. The third kappa shape index (κ3) is 4.61. The van der Waals surface area contributed by atoms with Crippen molar-refractivity contribution < 1.29 is 4.79 Å². The fraction of sp³-hybridized carbons (Fsp3) is 0.619. The zero-order valence-corrected chi connectivity index (χ0v) is 17.4. The van der Waals surface area contributed by atoms with Crippen LogP contribution in [0.4, 0.5) is 0 Å². The molecule has 2 atom stereocenters. The van der Waals surface area contributed by atoms with Gasteiger partial charge in [-0.15, -0.1) is 0 Å². The second-order valence-corrected chi connectivity index (χ2v) is 8.48. The maximum absolute atomic E-state index is 12.4. The monoisotopic (exact) mass is 403 g/mol. The molecule has 3 aliphatic rings. The lowest BCUT2D eigenvalue weighted by molar-refractivity contribution is -0.131. The Bertz CT molecular complexity index is 725. The molecule has 1 aromatic rings. The van der Waals surface area contributed by atoms with E-state index < -0.39 is 0 Å². The van der Waals surface area contributed by atoms with E-state index in [1.54, 1.807) is 0 Å². The van der Waals surface area contributed by atoms with Gasteiger partial charge >= 0.3 is 0 Å². The molecular formula is C21H30ClN5O. The van der Waals surface area contributed by atoms with Gasteiger partial charge in [0.15, 0.2) is 5.96 Å². The van der Waals surface area contributed by atoms with Gasteiger partial charge in [0, 0.05) is 63.3 Å². The summed E-state index contributed by atoms with van der Waals surface area (Å²) >= 11 is 6.13. The SMILES string of the molecule is CN=C(NC1CC1c1cccc(Cl)c1)N1CCN(CC(=O)N2CCCC2)CC1. The molecule has 1 saturated carbocycles. The minimum absolute atomic E-state index is 0.288. The molecule has 1 amide bonds. The Morgan fingerprint density at radius 3 is 2.57 bits per heavy atom. The van der Waals surface area contributed by atoms with Crippen LogP contribution < -0.4 is 5.32 Å². The quantitative estimate of drug-likeness (QED) is 0.617. The van der Waals surface area contributed by atoms with Gasteiger partial charge in [-0.3, -0.25) is 14.7 Å². The van der Waals surface area contributed by atoms with E-state index in [0.29, 0.717) is 18.5 Å². The maximum atomic E-state index is 12.4. The molecule has 2 aliphatic heterocycles. The standard InChI is InChI=1S/C21H30ClN5O/c1-23-21(24-19-14-18(19)16-5-4-6-17(22)13-16)27-11-9-25(10-12-27)15-20(28)26-7-2-3-8-26/h4-6,13,18-19H,2-3,7-12,14-15H2,1H3,(H,23,24). The number of nitrogens with zero attached hydrogens (tertiary/aromatic N) is 4. The van der Waals surface area contributed by atoms with Gasteiger partial charge in [0.2, 0.25) is 5.91 Å². The van der Waals surface area contributed by atoms with Gasteiger partial charge in [0.05, 0.1) is 6.54 Å². The number of carbonyl (C=O) groups excluding carboxylic acids is 1. The van der Waals surface area contributed by atoms with Crippen LogP contribution in [-0.4, -0.2) is 85.5 Å². The zero-order valence-electron chi connectivity index (χ0n) is 16.6. The Kier molecular flexibility index (Phi) is 6.07. The van der Waals surface area contributed by atoms with Gasteiger partial charge in [-0.2, -0.15) is 0 Å². The largest absolute Gasteiger partial charge is 0.353 e. The summed E-state index contributed by atoms with van der Waals surface area (Å²) in [5.74, 6) is 1.77. The number of rotatable bonds is 4. The lowest BCUT2D eigenvalue weighted by Crippen LogP contribution is -2.54. The van der Waals surface area contributed by atoms with Crippen LogP contribution in [0.3, 0.4) is 0 Å². The average molecular weight is 404 g/mol. The van der Waals surface area contributed by atoms with Crippen molar-refractivity contribution in [3.63, 3.8) is 0 Å². The lowest BCUT2D eigenvalue weighted by Gasteiger charge is -2.36. The van der Waals surface area contributed by atoms with Crippen molar-refractivity contribution >= 4 is 23.5 Å². The van der Waals surface area contributed by atoms with Crippen LogP contribution in [0.5, 0.6) is 0 Å². The number of guanidine groups is 1. The first-order valence-corrected chi connectivity index (χ1v) is 10.8. The van der Waals surface area contributed by atoms with Gasteiger partial charge in [-0.05, 0) is 37.0 Å². The highest BCUT2D eigenvalue weighted by Gasteiger charge is 2.40. The molecule has 0 spiro atoms. The Hall–Kier alpha value is -1.79. The molecule has 2 heterocycles. The van der Waals surface area contributed by atoms with E-state index in [-0.39, 0.29) is 5.91 Å². The Balaban J connectivity index is 1.24. The van der Waals surface area contributed by atoms with Crippen molar-refractivity contribution in [3.05, 3.63) is 34.9 Å². The van der Waals surface area contributed by atoms with Gasteiger partial charge in [-0.25, -0.2) is 0 Å². The van der Waals surface area contributed by atoms with Crippen LogP contribution in [0, 0.1) is 0 Å². The van der Waals surface area contributed by atoms with E-state index in [1.165, 1.54) is 5.56 Å². The molecule has 28 heavy (non-hydrogen) atoms. The molecular weight excluding hydrogens is 374 g/mol. The van der Waals surface area contributed by atoms with Crippen molar-refractivity contribution in [3.8, 4) is 0 Å². The van der Waals surface area contributed by atoms with E-state index in [0.717, 1.165) is 69.5 Å². The fourth-order valence-corrected chi connectivity index (χ4v) is 4.50. The summed E-state index contributed by atoms with van der Waals surface area (Å²) in [7, 11) is 1.85. The molecule has 1 aliphatic carbocycles. The highest BCUT2D eigenvalue weighted by Crippen LogP contribution is 2.41. The summed E-state index contributed by atoms with van der Waals surface area (Å²) in [6.07, 6.45) is 3.42. The van der Waals surface area contributed by atoms with Crippen LogP contribution in [0.15, 0.2) is 29.3 Å². The smallest absolute Gasteiger partial charge is 0.236 e. The molecule has 1 aromatic carbocycles. The average Bonchev–Trinajstić information content (AvgIpc) is 3.25. The highest BCUT2D eigenvalue weighted by molar-refractivity contribution is 6.30. The molecule has 1 N–H and O–H groups in total. The van der Waals surface area contributed by atoms with E-state index in [2.05, 4.69) is 32.2 Å². The molecule has 3 fully saturated rings. The van der Waals surface area contributed by atoms with Crippen LogP contribution in [0.1, 0.15) is 30.7 Å². The molecule has 0 bridgehead atoms. The van der Waals surface area contributed by atoms with E-state index in [4.69, 9.17) is 11.6 Å². The summed E-state index contributed by atoms with van der Waals surface area (Å²) in [4.78, 5) is 23.5. The van der Waals surface area contributed by atoms with Crippen molar-refractivity contribution in [1.29, 1.82) is 0 Å². The van der Waals surface area contributed by atoms with Gasteiger partial charge < -0.3 is 15.1 Å². The molecule has 4 rings (SSSR count). The number of aliphatic imine (C=N–C) groups is 1. The number of hydrogen-bond acceptors (Lipinski definition) is 3. The van der Waals surface area contributed by atoms with E-state index in [1.807, 2.05) is 24.1 Å². The molecule has 0 aromatic heterocycles. The van der Waals surface area contributed by atoms with Crippen molar-refractivity contribution in [2.24, 2.45) is 4.99 Å². The number of carbonyl (C=O) groups is 1. The first-order valence-electron chi connectivity index (χ1n) is 10.4. The Morgan fingerprint density at radius 1 is 1.14 bits per heavy atom. The maximum Gasteiger partial charge on any atom is 0.236 e. The highest BCUT2D eigenvalue weighted by atomic mass is 35.5. The summed E-state index contributed by atoms with van der Waals surface area (Å²) < 4.78 is 0. The third-order valence-corrected chi connectivity index (χ3v) is 6.32. The normalized spacial score (nSPS) is 25.9. The molecule has 2 unspecified atom stereocenters. The summed E-state index contributed by atoms with van der Waals surface area (Å²) in [5.41, 5.74) is 1.30. The second kappa shape index (κ2) is 8.70. The predicted molar refractivity (Wildman–Crippen MR) is 113 cm³/mol. The number of benzene rings is 1. The first kappa shape index (κ1) is 19.5. The first-order chi connectivity index (χ1) is 13.6. The molecule has 7 heteroatoms. The minimum atomic E-state index is 0.288. The number of halogens is 1.